The molecule has 0 spiro atoms. The van der Waals surface area contributed by atoms with E-state index in [-0.39, 0.29) is 0 Å². The van der Waals surface area contributed by atoms with Gasteiger partial charge in [-0.25, -0.2) is 0 Å². The molecule has 0 radical (unpaired) electrons. The zero-order valence-electron chi connectivity index (χ0n) is 11.1. The minimum Gasteiger partial charge on any atom is -0.508 e. The minimum absolute atomic E-state index is 0.311. The Morgan fingerprint density at radius 3 is 2.38 bits per heavy atom. The molecule has 0 unspecified atom stereocenters. The van der Waals surface area contributed by atoms with Crippen LogP contribution in [-0.4, -0.2) is 5.11 Å². The van der Waals surface area contributed by atoms with Crippen LogP contribution in [0.15, 0.2) is 66.0 Å². The summed E-state index contributed by atoms with van der Waals surface area (Å²) in [7, 11) is 0. The monoisotopic (exact) mass is 308 g/mol. The molecule has 0 amide bonds. The van der Waals surface area contributed by atoms with Crippen LogP contribution in [0.2, 0.25) is 0 Å². The molecule has 0 aliphatic heterocycles. The third-order valence-electron chi connectivity index (χ3n) is 3.48. The fraction of sp³-hybridized carbons (Fsp3) is 0. The third-order valence-corrected chi connectivity index (χ3v) is 5.68. The molecule has 2 aromatic heterocycles. The van der Waals surface area contributed by atoms with E-state index in [1.165, 1.54) is 20.2 Å². The average Bonchev–Trinajstić information content (AvgIpc) is 3.17. The number of benzene rings is 2. The van der Waals surface area contributed by atoms with Crippen molar-refractivity contribution in [1.29, 1.82) is 0 Å². The molecule has 3 heteroatoms. The first-order valence-electron chi connectivity index (χ1n) is 6.66. The Bertz CT molecular complexity index is 904. The second-order valence-electron chi connectivity index (χ2n) is 4.89. The van der Waals surface area contributed by atoms with Crippen LogP contribution in [0.5, 0.6) is 5.75 Å². The van der Waals surface area contributed by atoms with Gasteiger partial charge in [0.2, 0.25) is 0 Å². The fourth-order valence-corrected chi connectivity index (χ4v) is 4.27. The molecule has 1 nitrogen and oxygen atoms in total. The number of rotatable bonds is 2. The van der Waals surface area contributed by atoms with E-state index in [0.29, 0.717) is 5.75 Å². The molecule has 0 fully saturated rings. The molecule has 4 rings (SSSR count). The summed E-state index contributed by atoms with van der Waals surface area (Å²) in [6.45, 7) is 0. The quantitative estimate of drug-likeness (QED) is 0.481. The van der Waals surface area contributed by atoms with Gasteiger partial charge in [0.1, 0.15) is 5.75 Å². The molecule has 1 N–H and O–H groups in total. The van der Waals surface area contributed by atoms with Gasteiger partial charge in [0.15, 0.2) is 0 Å². The van der Waals surface area contributed by atoms with Crippen molar-refractivity contribution < 1.29 is 5.11 Å². The molecule has 0 bridgehead atoms. The van der Waals surface area contributed by atoms with Gasteiger partial charge in [-0.15, -0.1) is 22.7 Å². The summed E-state index contributed by atoms with van der Waals surface area (Å²) in [6, 6.07) is 20.5. The van der Waals surface area contributed by atoms with E-state index >= 15 is 0 Å². The summed E-state index contributed by atoms with van der Waals surface area (Å²) in [5, 5.41) is 13.9. The molecule has 102 valence electrons. The number of phenols is 1. The van der Waals surface area contributed by atoms with Crippen LogP contribution < -0.4 is 0 Å². The summed E-state index contributed by atoms with van der Waals surface area (Å²) in [6.07, 6.45) is 0. The number of phenolic OH excluding ortho intramolecular Hbond substituents is 1. The van der Waals surface area contributed by atoms with Crippen molar-refractivity contribution >= 4 is 33.4 Å². The van der Waals surface area contributed by atoms with Crippen molar-refractivity contribution in [3.05, 3.63) is 66.0 Å². The Labute approximate surface area is 130 Å². The summed E-state index contributed by atoms with van der Waals surface area (Å²) in [5.74, 6) is 0.311. The molecular weight excluding hydrogens is 296 g/mol. The maximum Gasteiger partial charge on any atom is 0.116 e. The molecule has 4 aromatic rings. The highest BCUT2D eigenvalue weighted by Crippen LogP contribution is 2.37. The molecule has 21 heavy (non-hydrogen) atoms. The van der Waals surface area contributed by atoms with Gasteiger partial charge in [0, 0.05) is 14.6 Å². The predicted molar refractivity (Wildman–Crippen MR) is 92.2 cm³/mol. The Balaban J connectivity index is 1.78. The Morgan fingerprint density at radius 2 is 1.52 bits per heavy atom. The lowest BCUT2D eigenvalue weighted by atomic mass is 10.1. The summed E-state index contributed by atoms with van der Waals surface area (Å²) < 4.78 is 0. The zero-order chi connectivity index (χ0) is 14.2. The van der Waals surface area contributed by atoms with Gasteiger partial charge < -0.3 is 5.11 Å². The van der Waals surface area contributed by atoms with E-state index in [1.54, 1.807) is 23.5 Å². The third kappa shape index (κ3) is 2.35. The topological polar surface area (TPSA) is 20.2 Å². The average molecular weight is 308 g/mol. The number of hydrogen-bond donors (Lipinski definition) is 1. The van der Waals surface area contributed by atoms with Crippen molar-refractivity contribution in [2.75, 3.05) is 0 Å². The van der Waals surface area contributed by atoms with Gasteiger partial charge in [-0.1, -0.05) is 24.3 Å². The van der Waals surface area contributed by atoms with Gasteiger partial charge in [0.05, 0.1) is 0 Å². The second kappa shape index (κ2) is 5.02. The summed E-state index contributed by atoms with van der Waals surface area (Å²) in [4.78, 5) is 3.90. The first-order valence-corrected chi connectivity index (χ1v) is 8.36. The van der Waals surface area contributed by atoms with Crippen LogP contribution in [0.3, 0.4) is 0 Å². The van der Waals surface area contributed by atoms with Gasteiger partial charge >= 0.3 is 0 Å². The van der Waals surface area contributed by atoms with E-state index in [0.717, 1.165) is 10.8 Å². The van der Waals surface area contributed by atoms with Crippen LogP contribution in [0, 0.1) is 0 Å². The smallest absolute Gasteiger partial charge is 0.116 e. The highest BCUT2D eigenvalue weighted by atomic mass is 32.1. The van der Waals surface area contributed by atoms with Crippen molar-refractivity contribution in [1.82, 2.24) is 0 Å². The first-order chi connectivity index (χ1) is 10.3. The maximum atomic E-state index is 9.53. The van der Waals surface area contributed by atoms with Crippen molar-refractivity contribution in [3.63, 3.8) is 0 Å². The molecular formula is C18H12OS2. The number of aromatic hydroxyl groups is 1. The Morgan fingerprint density at radius 1 is 0.714 bits per heavy atom. The normalized spacial score (nSPS) is 11.0. The Kier molecular flexibility index (Phi) is 3.02. The standard InChI is InChI=1S/C18H12OS2/c19-15-6-5-12-10-14(4-3-13(12)11-15)16-7-8-18(21-16)17-2-1-9-20-17/h1-11,19H. The molecule has 0 aliphatic rings. The largest absolute Gasteiger partial charge is 0.508 e. The van der Waals surface area contributed by atoms with E-state index < -0.39 is 0 Å². The predicted octanol–water partition coefficient (Wildman–Crippen LogP) is 6.00. The van der Waals surface area contributed by atoms with Crippen LogP contribution in [0.4, 0.5) is 0 Å². The minimum atomic E-state index is 0.311. The van der Waals surface area contributed by atoms with Gasteiger partial charge in [-0.3, -0.25) is 0 Å². The van der Waals surface area contributed by atoms with Crippen LogP contribution in [-0.2, 0) is 0 Å². The van der Waals surface area contributed by atoms with Crippen LogP contribution in [0.1, 0.15) is 0 Å². The zero-order valence-corrected chi connectivity index (χ0v) is 12.7. The summed E-state index contributed by atoms with van der Waals surface area (Å²) in [5.41, 5.74) is 1.22. The molecule has 0 saturated carbocycles. The maximum absolute atomic E-state index is 9.53. The molecule has 0 aliphatic carbocycles. The van der Waals surface area contributed by atoms with Gasteiger partial charge in [0.25, 0.3) is 0 Å². The Hall–Kier alpha value is -2.10. The SMILES string of the molecule is Oc1ccc2cc(-c3ccc(-c4cccs4)s3)ccc2c1. The second-order valence-corrected chi connectivity index (χ2v) is 6.92. The van der Waals surface area contributed by atoms with Crippen molar-refractivity contribution in [2.24, 2.45) is 0 Å². The lowest BCUT2D eigenvalue weighted by Crippen LogP contribution is -1.75. The lowest BCUT2D eigenvalue weighted by Gasteiger charge is -2.02. The highest BCUT2D eigenvalue weighted by Gasteiger charge is 2.06. The van der Waals surface area contributed by atoms with E-state index in [4.69, 9.17) is 0 Å². The van der Waals surface area contributed by atoms with Crippen molar-refractivity contribution in [2.45, 2.75) is 0 Å². The number of thiophene rings is 2. The molecule has 0 atom stereocenters. The van der Waals surface area contributed by atoms with E-state index in [1.807, 2.05) is 17.4 Å². The van der Waals surface area contributed by atoms with Gasteiger partial charge in [-0.05, 0) is 58.1 Å². The molecule has 2 aromatic carbocycles. The lowest BCUT2D eigenvalue weighted by molar-refractivity contribution is 0.476. The van der Waals surface area contributed by atoms with E-state index in [2.05, 4.69) is 47.8 Å². The number of fused-ring (bicyclic) bond motifs is 1. The molecule has 0 saturated heterocycles. The molecule has 2 heterocycles. The summed E-state index contributed by atoms with van der Waals surface area (Å²) >= 11 is 3.59. The van der Waals surface area contributed by atoms with Gasteiger partial charge in [-0.2, -0.15) is 0 Å². The first kappa shape index (κ1) is 12.6. The highest BCUT2D eigenvalue weighted by molar-refractivity contribution is 7.23. The van der Waals surface area contributed by atoms with Crippen LogP contribution >= 0.6 is 22.7 Å². The number of hydrogen-bond acceptors (Lipinski definition) is 3. The van der Waals surface area contributed by atoms with Crippen molar-refractivity contribution in [3.8, 4) is 25.9 Å². The van der Waals surface area contributed by atoms with Crippen LogP contribution in [0.25, 0.3) is 31.0 Å². The fourth-order valence-electron chi connectivity index (χ4n) is 2.43. The van der Waals surface area contributed by atoms with E-state index in [9.17, 15) is 5.11 Å².